The minimum atomic E-state index is -1.60. The van der Waals surface area contributed by atoms with Gasteiger partial charge in [-0.2, -0.15) is 5.10 Å². The number of pyridine rings is 1. The molecule has 9 heteroatoms. The van der Waals surface area contributed by atoms with E-state index in [1.165, 1.54) is 10.8 Å². The van der Waals surface area contributed by atoms with E-state index in [1.54, 1.807) is 24.8 Å². The zero-order chi connectivity index (χ0) is 17.7. The molecule has 3 aromatic heterocycles. The lowest BCUT2D eigenvalue weighted by Crippen LogP contribution is -2.17. The smallest absolute Gasteiger partial charge is 0.258 e. The number of nitrogens with zero attached hydrogens (tertiary/aromatic N) is 5. The lowest BCUT2D eigenvalue weighted by molar-refractivity contribution is -0.114. The van der Waals surface area contributed by atoms with Crippen molar-refractivity contribution in [1.82, 2.24) is 29.5 Å². The molecule has 1 aliphatic heterocycles. The quantitative estimate of drug-likeness (QED) is 0.581. The van der Waals surface area contributed by atoms with E-state index in [-0.39, 0.29) is 5.91 Å². The highest BCUT2D eigenvalue weighted by molar-refractivity contribution is 7.93. The molecule has 0 saturated carbocycles. The summed E-state index contributed by atoms with van der Waals surface area (Å²) in [6, 6.07) is 7.69. The normalized spacial score (nSPS) is 16.8. The van der Waals surface area contributed by atoms with Crippen LogP contribution in [0.15, 0.2) is 55.1 Å². The number of carbonyl (C=O) groups excluding carboxylic acids is 1. The fraction of sp³-hybridized carbons (Fsp3) is 0. The van der Waals surface area contributed by atoms with E-state index < -0.39 is 11.0 Å². The molecule has 1 atom stereocenters. The van der Waals surface area contributed by atoms with Crippen molar-refractivity contribution in [2.24, 2.45) is 0 Å². The molecule has 0 radical (unpaired) electrons. The molecule has 5 rings (SSSR count). The molecule has 1 amide bonds. The van der Waals surface area contributed by atoms with Crippen LogP contribution < -0.4 is 4.72 Å². The Morgan fingerprint density at radius 1 is 1.00 bits per heavy atom. The van der Waals surface area contributed by atoms with Crippen molar-refractivity contribution in [3.8, 4) is 11.1 Å². The largest absolute Gasteiger partial charge is 0.269 e. The molecular weight excluding hydrogens is 352 g/mol. The Kier molecular flexibility index (Phi) is 3.16. The molecule has 1 unspecified atom stereocenters. The third kappa shape index (κ3) is 2.29. The summed E-state index contributed by atoms with van der Waals surface area (Å²) in [4.78, 5) is 24.2. The minimum absolute atomic E-state index is 0.320. The molecule has 8 nitrogen and oxygen atoms in total. The first-order chi connectivity index (χ1) is 12.7. The van der Waals surface area contributed by atoms with Gasteiger partial charge >= 0.3 is 0 Å². The van der Waals surface area contributed by atoms with Crippen molar-refractivity contribution < 1.29 is 9.00 Å². The Morgan fingerprint density at radius 2 is 1.88 bits per heavy atom. The van der Waals surface area contributed by atoms with E-state index in [0.717, 1.165) is 27.5 Å². The van der Waals surface area contributed by atoms with Crippen molar-refractivity contribution in [2.45, 2.75) is 0 Å². The molecule has 0 saturated heterocycles. The number of rotatable bonds is 2. The van der Waals surface area contributed by atoms with Gasteiger partial charge in [-0.3, -0.25) is 14.5 Å². The maximum Gasteiger partial charge on any atom is 0.258 e. The first kappa shape index (κ1) is 14.8. The van der Waals surface area contributed by atoms with Gasteiger partial charge in [0.2, 0.25) is 0 Å². The predicted molar refractivity (Wildman–Crippen MR) is 96.6 cm³/mol. The van der Waals surface area contributed by atoms with Crippen LogP contribution in [0.25, 0.3) is 38.2 Å². The zero-order valence-corrected chi connectivity index (χ0v) is 14.0. The van der Waals surface area contributed by atoms with Gasteiger partial charge in [0.15, 0.2) is 21.7 Å². The second kappa shape index (κ2) is 5.53. The first-order valence-electron chi connectivity index (χ1n) is 7.68. The monoisotopic (exact) mass is 362 g/mol. The second-order valence-corrected chi connectivity index (χ2v) is 6.83. The lowest BCUT2D eigenvalue weighted by atomic mass is 10.1. The number of hydrogen-bond donors (Lipinski definition) is 1. The summed E-state index contributed by atoms with van der Waals surface area (Å²) in [6.45, 7) is 0. The Hall–Kier alpha value is -3.46. The van der Waals surface area contributed by atoms with Gasteiger partial charge < -0.3 is 0 Å². The summed E-state index contributed by atoms with van der Waals surface area (Å²) in [5.74, 6) is -0.387. The van der Waals surface area contributed by atoms with Gasteiger partial charge in [0, 0.05) is 35.6 Å². The second-order valence-electron chi connectivity index (χ2n) is 5.67. The highest BCUT2D eigenvalue weighted by Crippen LogP contribution is 2.27. The number of nitrogens with one attached hydrogen (secondary N) is 1. The molecular formula is C17H10N6O2S. The van der Waals surface area contributed by atoms with Crippen LogP contribution >= 0.6 is 0 Å². The van der Waals surface area contributed by atoms with Crippen molar-refractivity contribution in [3.63, 3.8) is 0 Å². The topological polar surface area (TPSA) is 103 Å². The molecule has 0 bridgehead atoms. The molecule has 4 heterocycles. The van der Waals surface area contributed by atoms with Crippen LogP contribution in [0.1, 0.15) is 0 Å². The van der Waals surface area contributed by atoms with Crippen molar-refractivity contribution in [3.05, 3.63) is 55.1 Å². The fourth-order valence-corrected chi connectivity index (χ4v) is 3.75. The number of hydrogen-bond acceptors (Lipinski definition) is 6. The number of fused-ring (bicyclic) bond motifs is 2. The highest BCUT2D eigenvalue weighted by atomic mass is 32.2. The van der Waals surface area contributed by atoms with E-state index >= 15 is 0 Å². The maximum absolute atomic E-state index is 12.0. The summed E-state index contributed by atoms with van der Waals surface area (Å²) in [6.07, 6.45) is 7.96. The van der Waals surface area contributed by atoms with E-state index in [2.05, 4.69) is 24.8 Å². The average molecular weight is 362 g/mol. The van der Waals surface area contributed by atoms with Crippen molar-refractivity contribution >= 4 is 44.0 Å². The van der Waals surface area contributed by atoms with E-state index in [0.29, 0.717) is 10.7 Å². The van der Waals surface area contributed by atoms with E-state index in [1.807, 2.05) is 24.3 Å². The standard InChI is InChI=1S/C17H10N6O2S/c24-15-7-16(26(25)22-15)23-14-2-1-10(5-12(14)9-21-23)11-6-13-17(20-8-11)19-4-3-18-13/h1-9H,(H,22,24). The molecule has 0 aliphatic carbocycles. The summed E-state index contributed by atoms with van der Waals surface area (Å²) < 4.78 is 15.8. The Bertz CT molecular complexity index is 1260. The average Bonchev–Trinajstić information content (AvgIpc) is 3.22. The summed E-state index contributed by atoms with van der Waals surface area (Å²) in [7, 11) is -1.60. The Morgan fingerprint density at radius 3 is 2.73 bits per heavy atom. The van der Waals surface area contributed by atoms with Crippen molar-refractivity contribution in [1.29, 1.82) is 0 Å². The van der Waals surface area contributed by atoms with Gasteiger partial charge in [-0.05, 0) is 23.8 Å². The highest BCUT2D eigenvalue weighted by Gasteiger charge is 2.23. The summed E-state index contributed by atoms with van der Waals surface area (Å²) in [5, 5.41) is 5.45. The molecule has 1 N–H and O–H groups in total. The van der Waals surface area contributed by atoms with E-state index in [4.69, 9.17) is 0 Å². The Labute approximate surface area is 149 Å². The van der Waals surface area contributed by atoms with Gasteiger partial charge in [-0.25, -0.2) is 18.9 Å². The number of aromatic nitrogens is 5. The lowest BCUT2D eigenvalue weighted by Gasteiger charge is -2.05. The number of amides is 1. The molecule has 0 spiro atoms. The summed E-state index contributed by atoms with van der Waals surface area (Å²) in [5.41, 5.74) is 3.94. The fourth-order valence-electron chi connectivity index (χ4n) is 2.88. The molecule has 4 aromatic rings. The Balaban J connectivity index is 1.61. The van der Waals surface area contributed by atoms with Gasteiger partial charge in [0.05, 0.1) is 11.7 Å². The van der Waals surface area contributed by atoms with Crippen LogP contribution in [-0.2, 0) is 15.8 Å². The third-order valence-corrected chi connectivity index (χ3v) is 5.13. The summed E-state index contributed by atoms with van der Waals surface area (Å²) >= 11 is 0. The maximum atomic E-state index is 12.0. The molecule has 1 aromatic carbocycles. The third-order valence-electron chi connectivity index (χ3n) is 4.07. The van der Waals surface area contributed by atoms with E-state index in [9.17, 15) is 9.00 Å². The molecule has 126 valence electrons. The van der Waals surface area contributed by atoms with Gasteiger partial charge in [0.25, 0.3) is 5.91 Å². The van der Waals surface area contributed by atoms with Crippen molar-refractivity contribution in [2.75, 3.05) is 0 Å². The van der Waals surface area contributed by atoms with Crippen LogP contribution in [-0.4, -0.2) is 34.8 Å². The zero-order valence-electron chi connectivity index (χ0n) is 13.2. The van der Waals surface area contributed by atoms with Crippen LogP contribution in [0.4, 0.5) is 0 Å². The molecule has 0 fully saturated rings. The van der Waals surface area contributed by atoms with Crippen LogP contribution in [0.3, 0.4) is 0 Å². The number of carbonyl (C=O) groups is 1. The molecule has 26 heavy (non-hydrogen) atoms. The van der Waals surface area contributed by atoms with Crippen LogP contribution in [0.5, 0.6) is 0 Å². The molecule has 1 aliphatic rings. The predicted octanol–water partition coefficient (Wildman–Crippen LogP) is 1.63. The number of benzene rings is 1. The van der Waals surface area contributed by atoms with Gasteiger partial charge in [-0.1, -0.05) is 6.07 Å². The van der Waals surface area contributed by atoms with Gasteiger partial charge in [-0.15, -0.1) is 0 Å². The van der Waals surface area contributed by atoms with Crippen LogP contribution in [0.2, 0.25) is 0 Å². The van der Waals surface area contributed by atoms with Crippen LogP contribution in [0, 0.1) is 0 Å². The minimum Gasteiger partial charge on any atom is -0.269 e. The first-order valence-corrected chi connectivity index (χ1v) is 8.83. The SMILES string of the molecule is O=C1C=C(n2ncc3cc(-c4cnc5nccnc5c4)ccc32)S(=O)N1. The van der Waals surface area contributed by atoms with Gasteiger partial charge in [0.1, 0.15) is 5.52 Å².